The highest BCUT2D eigenvalue weighted by atomic mass is 19.2. The van der Waals surface area contributed by atoms with Crippen molar-refractivity contribution in [2.75, 3.05) is 4.90 Å². The Morgan fingerprint density at radius 3 is 2.54 bits per heavy atom. The number of hydrogen-bond donors (Lipinski definition) is 0. The van der Waals surface area contributed by atoms with E-state index in [1.165, 1.54) is 12.3 Å². The van der Waals surface area contributed by atoms with Gasteiger partial charge in [-0.15, -0.1) is 0 Å². The van der Waals surface area contributed by atoms with Gasteiger partial charge in [0, 0.05) is 16.6 Å². The number of fused-ring (bicyclic) bond motifs is 1. The summed E-state index contributed by atoms with van der Waals surface area (Å²) in [6, 6.07) is 14.0. The van der Waals surface area contributed by atoms with Gasteiger partial charge in [0.15, 0.2) is 24.0 Å². The largest absolute Gasteiger partial charge is 0.619 e. The lowest BCUT2D eigenvalue weighted by molar-refractivity contribution is -0.604. The Hall–Kier alpha value is -3.61. The summed E-state index contributed by atoms with van der Waals surface area (Å²) in [6.45, 7) is 2.10. The minimum Gasteiger partial charge on any atom is -0.619 e. The molecule has 0 aliphatic carbocycles. The number of pyridine rings is 1. The summed E-state index contributed by atoms with van der Waals surface area (Å²) >= 11 is 0. The van der Waals surface area contributed by atoms with Crippen LogP contribution >= 0.6 is 0 Å². The number of nitrogens with zero attached hydrogens (tertiary/aromatic N) is 4. The summed E-state index contributed by atoms with van der Waals surface area (Å²) in [5.74, 6) is -2.02. The molecule has 140 valence electrons. The second kappa shape index (κ2) is 7.19. The molecule has 0 amide bonds. The van der Waals surface area contributed by atoms with Crippen molar-refractivity contribution in [3.05, 3.63) is 95.2 Å². The molecule has 0 fully saturated rings. The minimum absolute atomic E-state index is 0.0513. The van der Waals surface area contributed by atoms with Crippen LogP contribution in [0.2, 0.25) is 0 Å². The molecular weight excluding hydrogens is 362 g/mol. The normalized spacial score (nSPS) is 11.0. The fraction of sp³-hybridized carbons (Fsp3) is 0.0952. The van der Waals surface area contributed by atoms with E-state index in [1.54, 1.807) is 6.20 Å². The predicted octanol–water partition coefficient (Wildman–Crippen LogP) is 4.19. The summed E-state index contributed by atoms with van der Waals surface area (Å²) in [5.41, 5.74) is 2.94. The molecule has 4 aromatic rings. The third kappa shape index (κ3) is 3.34. The van der Waals surface area contributed by atoms with Gasteiger partial charge in [-0.3, -0.25) is 0 Å². The van der Waals surface area contributed by atoms with E-state index in [0.29, 0.717) is 15.7 Å². The fourth-order valence-corrected chi connectivity index (χ4v) is 3.20. The van der Waals surface area contributed by atoms with Crippen LogP contribution in [0.1, 0.15) is 11.3 Å². The van der Waals surface area contributed by atoms with Gasteiger partial charge in [-0.1, -0.05) is 24.3 Å². The Bertz CT molecular complexity index is 1150. The zero-order chi connectivity index (χ0) is 19.7. The molecule has 0 saturated heterocycles. The van der Waals surface area contributed by atoms with E-state index in [-0.39, 0.29) is 11.9 Å². The molecule has 5 nitrogen and oxygen atoms in total. The van der Waals surface area contributed by atoms with Crippen molar-refractivity contribution in [1.29, 1.82) is 0 Å². The monoisotopic (exact) mass is 378 g/mol. The zero-order valence-corrected chi connectivity index (χ0v) is 15.0. The second-order valence-electron chi connectivity index (χ2n) is 6.44. The topological polar surface area (TPSA) is 56.0 Å². The van der Waals surface area contributed by atoms with Crippen molar-refractivity contribution in [2.24, 2.45) is 0 Å². The Morgan fingerprint density at radius 1 is 1.00 bits per heavy atom. The molecule has 2 heterocycles. The average molecular weight is 378 g/mol. The number of rotatable bonds is 4. The standard InChI is InChI=1S/C21H16F2N4O/c1-14-9-17(10-24-25-14)27(16-5-3-2-4-6-16)12-15-11-26(28)13-19-18(15)7-8-20(22)21(19)23/h2-11,13H,12H2,1H3. The number of aryl methyl sites for hydroxylation is 1. The minimum atomic E-state index is -1.03. The molecule has 0 spiro atoms. The maximum Gasteiger partial charge on any atom is 0.191 e. The van der Waals surface area contributed by atoms with Gasteiger partial charge in [-0.2, -0.15) is 14.9 Å². The number of halogens is 2. The van der Waals surface area contributed by atoms with Crippen molar-refractivity contribution < 1.29 is 13.5 Å². The van der Waals surface area contributed by atoms with Crippen molar-refractivity contribution in [3.63, 3.8) is 0 Å². The number of para-hydroxylation sites is 1. The van der Waals surface area contributed by atoms with Crippen LogP contribution in [-0.2, 0) is 6.54 Å². The van der Waals surface area contributed by atoms with Gasteiger partial charge in [-0.05, 0) is 31.2 Å². The number of aromatic nitrogens is 3. The lowest BCUT2D eigenvalue weighted by Crippen LogP contribution is -2.28. The van der Waals surface area contributed by atoms with Gasteiger partial charge in [0.1, 0.15) is 0 Å². The molecule has 28 heavy (non-hydrogen) atoms. The van der Waals surface area contributed by atoms with Crippen molar-refractivity contribution in [1.82, 2.24) is 10.2 Å². The van der Waals surface area contributed by atoms with Crippen molar-refractivity contribution >= 4 is 22.1 Å². The summed E-state index contributed by atoms with van der Waals surface area (Å²) < 4.78 is 28.4. The van der Waals surface area contributed by atoms with Crippen LogP contribution in [0.25, 0.3) is 10.8 Å². The van der Waals surface area contributed by atoms with Crippen LogP contribution < -0.4 is 9.63 Å². The summed E-state index contributed by atoms with van der Waals surface area (Å²) in [4.78, 5) is 1.94. The average Bonchev–Trinajstić information content (AvgIpc) is 2.70. The third-order valence-corrected chi connectivity index (χ3v) is 4.49. The first-order valence-electron chi connectivity index (χ1n) is 8.64. The number of anilines is 2. The van der Waals surface area contributed by atoms with Crippen LogP contribution in [0.4, 0.5) is 20.2 Å². The molecule has 2 aromatic carbocycles. The Kier molecular flexibility index (Phi) is 4.57. The predicted molar refractivity (Wildman–Crippen MR) is 102 cm³/mol. The molecule has 7 heteroatoms. The van der Waals surface area contributed by atoms with Crippen LogP contribution in [0.3, 0.4) is 0 Å². The van der Waals surface area contributed by atoms with Gasteiger partial charge >= 0.3 is 0 Å². The first kappa shape index (κ1) is 17.8. The van der Waals surface area contributed by atoms with Crippen LogP contribution in [0.5, 0.6) is 0 Å². The molecular formula is C21H16F2N4O. The first-order valence-corrected chi connectivity index (χ1v) is 8.64. The maximum absolute atomic E-state index is 14.2. The molecule has 0 bridgehead atoms. The number of hydrogen-bond acceptors (Lipinski definition) is 4. The highest BCUT2D eigenvalue weighted by Gasteiger charge is 2.18. The van der Waals surface area contributed by atoms with E-state index in [9.17, 15) is 14.0 Å². The summed E-state index contributed by atoms with van der Waals surface area (Å²) in [6.07, 6.45) is 4.04. The van der Waals surface area contributed by atoms with Crippen molar-refractivity contribution in [3.8, 4) is 0 Å². The van der Waals surface area contributed by atoms with Gasteiger partial charge in [0.2, 0.25) is 0 Å². The van der Waals surface area contributed by atoms with E-state index >= 15 is 0 Å². The Morgan fingerprint density at radius 2 is 1.79 bits per heavy atom. The van der Waals surface area contributed by atoms with Gasteiger partial charge in [-0.25, -0.2) is 8.78 Å². The first-order chi connectivity index (χ1) is 13.5. The highest BCUT2D eigenvalue weighted by Crippen LogP contribution is 2.30. The van der Waals surface area contributed by atoms with E-state index < -0.39 is 11.6 Å². The lowest BCUT2D eigenvalue weighted by Gasteiger charge is -2.25. The van der Waals surface area contributed by atoms with E-state index in [1.807, 2.05) is 48.2 Å². The van der Waals surface area contributed by atoms with Crippen LogP contribution in [0, 0.1) is 23.8 Å². The number of benzene rings is 2. The van der Waals surface area contributed by atoms with Crippen LogP contribution in [-0.4, -0.2) is 10.2 Å². The Labute approximate surface area is 160 Å². The molecule has 0 aliphatic heterocycles. The summed E-state index contributed by atoms with van der Waals surface area (Å²) in [7, 11) is 0. The Balaban J connectivity index is 1.87. The van der Waals surface area contributed by atoms with Crippen molar-refractivity contribution in [2.45, 2.75) is 13.5 Å². The molecule has 4 rings (SSSR count). The molecule has 0 N–H and O–H groups in total. The van der Waals surface area contributed by atoms with Gasteiger partial charge in [0.25, 0.3) is 0 Å². The molecule has 0 radical (unpaired) electrons. The fourth-order valence-electron chi connectivity index (χ4n) is 3.20. The molecule has 0 unspecified atom stereocenters. The van der Waals surface area contributed by atoms with Gasteiger partial charge in [0.05, 0.1) is 29.5 Å². The van der Waals surface area contributed by atoms with E-state index in [2.05, 4.69) is 10.2 Å². The second-order valence-corrected chi connectivity index (χ2v) is 6.44. The SMILES string of the molecule is Cc1cc(N(Cc2c[n+]([O-])cc3c(F)c(F)ccc23)c2ccccc2)cnn1. The quantitative estimate of drug-likeness (QED) is 0.395. The maximum atomic E-state index is 14.2. The van der Waals surface area contributed by atoms with E-state index in [0.717, 1.165) is 29.3 Å². The van der Waals surface area contributed by atoms with Gasteiger partial charge < -0.3 is 10.1 Å². The molecule has 0 atom stereocenters. The van der Waals surface area contributed by atoms with E-state index in [4.69, 9.17) is 0 Å². The third-order valence-electron chi connectivity index (χ3n) is 4.49. The molecule has 0 saturated carbocycles. The smallest absolute Gasteiger partial charge is 0.191 e. The molecule has 0 aliphatic rings. The van der Waals surface area contributed by atoms with Crippen LogP contribution in [0.15, 0.2) is 67.1 Å². The summed E-state index contributed by atoms with van der Waals surface area (Å²) in [5, 5.41) is 20.5. The lowest BCUT2D eigenvalue weighted by atomic mass is 10.1. The zero-order valence-electron chi connectivity index (χ0n) is 15.0. The molecule has 2 aromatic heterocycles. The highest BCUT2D eigenvalue weighted by molar-refractivity contribution is 5.85.